The van der Waals surface area contributed by atoms with Gasteiger partial charge in [0, 0.05) is 17.1 Å². The van der Waals surface area contributed by atoms with E-state index in [1.165, 1.54) is 0 Å². The highest BCUT2D eigenvalue weighted by atomic mass is 32.1. The summed E-state index contributed by atoms with van der Waals surface area (Å²) in [5.41, 5.74) is 12.0. The number of nitrogens with one attached hydrogen (secondary N) is 3. The van der Waals surface area contributed by atoms with Gasteiger partial charge in [-0.3, -0.25) is 15.6 Å². The number of carbonyl (C=O) groups excluding carboxylic acids is 1. The molecule has 0 unspecified atom stereocenters. The number of thiocarbonyl (C=S) groups is 1. The fourth-order valence-corrected chi connectivity index (χ4v) is 1.68. The first-order valence-corrected chi connectivity index (χ1v) is 5.47. The Morgan fingerprint density at radius 3 is 2.88 bits per heavy atom. The third-order valence-electron chi connectivity index (χ3n) is 2.35. The molecule has 0 atom stereocenters. The maximum Gasteiger partial charge on any atom is 0.242 e. The fourth-order valence-electron chi connectivity index (χ4n) is 1.63. The summed E-state index contributed by atoms with van der Waals surface area (Å²) < 4.78 is 0. The lowest BCUT2D eigenvalue weighted by atomic mass is 10.1. The second kappa shape index (κ2) is 4.84. The molecule has 0 aliphatic rings. The van der Waals surface area contributed by atoms with Crippen molar-refractivity contribution in [3.63, 3.8) is 0 Å². The number of rotatable bonds is 2. The maximum absolute atomic E-state index is 11.6. The Labute approximate surface area is 103 Å². The molecule has 0 radical (unpaired) electrons. The first-order valence-electron chi connectivity index (χ1n) is 5.06. The SMILES string of the molecule is NC(=S)NNC(=O)Cc1c[nH]c2ccccc12. The highest BCUT2D eigenvalue weighted by Crippen LogP contribution is 2.17. The summed E-state index contributed by atoms with van der Waals surface area (Å²) in [7, 11) is 0. The Morgan fingerprint density at radius 1 is 1.35 bits per heavy atom. The van der Waals surface area contributed by atoms with Crippen LogP contribution < -0.4 is 16.6 Å². The number of fused-ring (bicyclic) bond motifs is 1. The molecule has 5 N–H and O–H groups in total. The van der Waals surface area contributed by atoms with Gasteiger partial charge >= 0.3 is 0 Å². The summed E-state index contributed by atoms with van der Waals surface area (Å²) in [6.45, 7) is 0. The number of hydrogen-bond donors (Lipinski definition) is 4. The summed E-state index contributed by atoms with van der Waals surface area (Å²) in [6, 6.07) is 7.81. The zero-order valence-corrected chi connectivity index (χ0v) is 9.80. The van der Waals surface area contributed by atoms with Crippen molar-refractivity contribution in [3.05, 3.63) is 36.0 Å². The average molecular weight is 248 g/mol. The van der Waals surface area contributed by atoms with Gasteiger partial charge in [0.2, 0.25) is 5.91 Å². The highest BCUT2D eigenvalue weighted by Gasteiger charge is 2.07. The predicted molar refractivity (Wildman–Crippen MR) is 70.1 cm³/mol. The van der Waals surface area contributed by atoms with Crippen LogP contribution in [-0.4, -0.2) is 16.0 Å². The minimum absolute atomic E-state index is 0.0391. The number of carbonyl (C=O) groups is 1. The normalized spacial score (nSPS) is 10.1. The number of hydrazine groups is 1. The fraction of sp³-hybridized carbons (Fsp3) is 0.0909. The lowest BCUT2D eigenvalue weighted by Gasteiger charge is -2.05. The minimum Gasteiger partial charge on any atom is -0.375 e. The number of hydrogen-bond acceptors (Lipinski definition) is 2. The lowest BCUT2D eigenvalue weighted by Crippen LogP contribution is -2.44. The van der Waals surface area contributed by atoms with Crippen LogP contribution in [0.25, 0.3) is 10.9 Å². The molecular weight excluding hydrogens is 236 g/mol. The van der Waals surface area contributed by atoms with Crippen LogP contribution >= 0.6 is 12.2 Å². The van der Waals surface area contributed by atoms with Crippen LogP contribution in [0.4, 0.5) is 0 Å². The number of H-pyrrole nitrogens is 1. The molecule has 2 aromatic rings. The number of benzene rings is 1. The van der Waals surface area contributed by atoms with Crippen LogP contribution in [0.1, 0.15) is 5.56 Å². The second-order valence-corrected chi connectivity index (χ2v) is 4.01. The Kier molecular flexibility index (Phi) is 3.24. The van der Waals surface area contributed by atoms with Gasteiger partial charge in [-0.1, -0.05) is 18.2 Å². The van der Waals surface area contributed by atoms with Crippen LogP contribution in [0, 0.1) is 0 Å². The third kappa shape index (κ3) is 2.73. The highest BCUT2D eigenvalue weighted by molar-refractivity contribution is 7.80. The van der Waals surface area contributed by atoms with Gasteiger partial charge in [0.05, 0.1) is 6.42 Å². The topological polar surface area (TPSA) is 82.9 Å². The smallest absolute Gasteiger partial charge is 0.242 e. The van der Waals surface area contributed by atoms with E-state index < -0.39 is 0 Å². The molecule has 1 aromatic heterocycles. The van der Waals surface area contributed by atoms with E-state index in [0.29, 0.717) is 0 Å². The minimum atomic E-state index is -0.192. The molecule has 1 heterocycles. The van der Waals surface area contributed by atoms with Crippen molar-refractivity contribution < 1.29 is 4.79 Å². The molecule has 0 aliphatic carbocycles. The van der Waals surface area contributed by atoms with Gasteiger partial charge in [-0.25, -0.2) is 0 Å². The quantitative estimate of drug-likeness (QED) is 0.463. The van der Waals surface area contributed by atoms with Crippen LogP contribution in [0.5, 0.6) is 0 Å². The number of aromatic nitrogens is 1. The first kappa shape index (κ1) is 11.4. The Bertz CT molecular complexity index is 563. The Morgan fingerprint density at radius 2 is 2.12 bits per heavy atom. The van der Waals surface area contributed by atoms with Gasteiger partial charge in [0.25, 0.3) is 0 Å². The number of para-hydroxylation sites is 1. The molecule has 1 aromatic carbocycles. The van der Waals surface area contributed by atoms with Crippen molar-refractivity contribution >= 4 is 34.1 Å². The molecule has 0 saturated heterocycles. The van der Waals surface area contributed by atoms with E-state index in [1.54, 1.807) is 0 Å². The summed E-state index contributed by atoms with van der Waals surface area (Å²) in [5, 5.41) is 1.08. The third-order valence-corrected chi connectivity index (χ3v) is 2.45. The van der Waals surface area contributed by atoms with Gasteiger partial charge in [-0.2, -0.15) is 0 Å². The van der Waals surface area contributed by atoms with Crippen molar-refractivity contribution in [2.45, 2.75) is 6.42 Å². The van der Waals surface area contributed by atoms with E-state index in [-0.39, 0.29) is 17.4 Å². The predicted octanol–water partition coefficient (Wildman–Crippen LogP) is 0.575. The van der Waals surface area contributed by atoms with Crippen LogP contribution in [0.15, 0.2) is 30.5 Å². The van der Waals surface area contributed by atoms with E-state index in [0.717, 1.165) is 16.5 Å². The number of amides is 1. The Hall–Kier alpha value is -2.08. The van der Waals surface area contributed by atoms with Gasteiger partial charge < -0.3 is 10.7 Å². The van der Waals surface area contributed by atoms with E-state index >= 15 is 0 Å². The van der Waals surface area contributed by atoms with Crippen molar-refractivity contribution in [1.82, 2.24) is 15.8 Å². The molecule has 88 valence electrons. The van der Waals surface area contributed by atoms with Crippen LogP contribution in [-0.2, 0) is 11.2 Å². The molecule has 0 fully saturated rings. The summed E-state index contributed by atoms with van der Waals surface area (Å²) in [5.74, 6) is -0.192. The largest absolute Gasteiger partial charge is 0.375 e. The van der Waals surface area contributed by atoms with Gasteiger partial charge in [-0.15, -0.1) is 0 Å². The number of aromatic amines is 1. The van der Waals surface area contributed by atoms with Crippen LogP contribution in [0.2, 0.25) is 0 Å². The zero-order chi connectivity index (χ0) is 12.3. The monoisotopic (exact) mass is 248 g/mol. The second-order valence-electron chi connectivity index (χ2n) is 3.57. The zero-order valence-electron chi connectivity index (χ0n) is 8.99. The van der Waals surface area contributed by atoms with E-state index in [1.807, 2.05) is 30.5 Å². The first-order chi connectivity index (χ1) is 8.16. The summed E-state index contributed by atoms with van der Waals surface area (Å²) in [6.07, 6.45) is 2.09. The van der Waals surface area contributed by atoms with Crippen molar-refractivity contribution in [2.24, 2.45) is 5.73 Å². The molecule has 0 saturated carbocycles. The summed E-state index contributed by atoms with van der Waals surface area (Å²) >= 11 is 4.58. The van der Waals surface area contributed by atoms with Crippen LogP contribution in [0.3, 0.4) is 0 Å². The number of nitrogens with two attached hydrogens (primary N) is 1. The van der Waals surface area contributed by atoms with Gasteiger partial charge in [0.1, 0.15) is 0 Å². The van der Waals surface area contributed by atoms with Crippen molar-refractivity contribution in [2.75, 3.05) is 0 Å². The standard InChI is InChI=1S/C11H12N4OS/c12-11(17)15-14-10(16)5-7-6-13-9-4-2-1-3-8(7)9/h1-4,6,13H,5H2,(H,14,16)(H3,12,15,17). The van der Waals surface area contributed by atoms with Crippen molar-refractivity contribution in [1.29, 1.82) is 0 Å². The van der Waals surface area contributed by atoms with Gasteiger partial charge in [-0.05, 0) is 23.8 Å². The van der Waals surface area contributed by atoms with E-state index in [4.69, 9.17) is 5.73 Å². The molecule has 17 heavy (non-hydrogen) atoms. The van der Waals surface area contributed by atoms with Crippen molar-refractivity contribution in [3.8, 4) is 0 Å². The Balaban J connectivity index is 2.08. The lowest BCUT2D eigenvalue weighted by molar-refractivity contribution is -0.120. The van der Waals surface area contributed by atoms with E-state index in [2.05, 4.69) is 28.1 Å². The van der Waals surface area contributed by atoms with Gasteiger partial charge in [0.15, 0.2) is 5.11 Å². The molecule has 5 nitrogen and oxygen atoms in total. The molecule has 0 spiro atoms. The molecular formula is C11H12N4OS. The average Bonchev–Trinajstić information content (AvgIpc) is 2.70. The maximum atomic E-state index is 11.6. The molecule has 2 rings (SSSR count). The molecule has 1 amide bonds. The molecule has 6 heteroatoms. The van der Waals surface area contributed by atoms with E-state index in [9.17, 15) is 4.79 Å². The summed E-state index contributed by atoms with van der Waals surface area (Å²) in [4.78, 5) is 14.7. The molecule has 0 bridgehead atoms. The molecule has 0 aliphatic heterocycles.